The largest absolute Gasteiger partial charge is 0.436 e. The minimum absolute atomic E-state index is 0.240. The topological polar surface area (TPSA) is 18.5 Å². The molecule has 0 N–H and O–H groups in total. The highest BCUT2D eigenvalue weighted by Crippen LogP contribution is 2.43. The third-order valence-electron chi connectivity index (χ3n) is 8.53. The molecular formula is C29H72O2Si5. The monoisotopic (exact) mass is 592 g/mol. The third kappa shape index (κ3) is 16.9. The highest BCUT2D eigenvalue weighted by atomic mass is 28.5. The van der Waals surface area contributed by atoms with Gasteiger partial charge in [-0.25, -0.2) is 0 Å². The van der Waals surface area contributed by atoms with Gasteiger partial charge in [-0.2, -0.15) is 0 Å². The van der Waals surface area contributed by atoms with Crippen molar-refractivity contribution >= 4 is 41.3 Å². The van der Waals surface area contributed by atoms with Crippen LogP contribution < -0.4 is 0 Å². The van der Waals surface area contributed by atoms with Crippen LogP contribution in [0.4, 0.5) is 0 Å². The Bertz CT molecular complexity index is 568. The van der Waals surface area contributed by atoms with Crippen molar-refractivity contribution in [3.05, 3.63) is 0 Å². The first-order valence-electron chi connectivity index (χ1n) is 15.1. The van der Waals surface area contributed by atoms with Crippen LogP contribution >= 0.6 is 0 Å². The van der Waals surface area contributed by atoms with Crippen molar-refractivity contribution in [1.29, 1.82) is 0 Å². The van der Waals surface area contributed by atoms with Crippen molar-refractivity contribution in [3.8, 4) is 0 Å². The van der Waals surface area contributed by atoms with E-state index in [9.17, 15) is 0 Å². The van der Waals surface area contributed by atoms with E-state index in [0.29, 0.717) is 0 Å². The summed E-state index contributed by atoms with van der Waals surface area (Å²) in [6, 6.07) is 5.78. The first-order chi connectivity index (χ1) is 15.7. The molecule has 0 radical (unpaired) electrons. The first-order valence-corrected chi connectivity index (χ1v) is 30.6. The van der Waals surface area contributed by atoms with Gasteiger partial charge in [0.2, 0.25) is 0 Å². The average Bonchev–Trinajstić information content (AvgIpc) is 2.61. The van der Waals surface area contributed by atoms with Gasteiger partial charge in [-0.15, -0.1) is 0 Å². The summed E-state index contributed by atoms with van der Waals surface area (Å²) in [5.41, 5.74) is 0. The van der Waals surface area contributed by atoms with Crippen LogP contribution in [-0.2, 0) is 8.23 Å². The molecule has 0 saturated carbocycles. The summed E-state index contributed by atoms with van der Waals surface area (Å²) in [6.45, 7) is 42.9. The molecule has 0 aromatic rings. The molecule has 220 valence electrons. The van der Waals surface area contributed by atoms with E-state index >= 15 is 0 Å². The van der Waals surface area contributed by atoms with Crippen molar-refractivity contribution in [2.45, 2.75) is 187 Å². The molecule has 0 rings (SSSR count). The summed E-state index contributed by atoms with van der Waals surface area (Å²) in [6.07, 6.45) is 6.78. The van der Waals surface area contributed by atoms with Gasteiger partial charge in [-0.05, 0) is 48.9 Å². The van der Waals surface area contributed by atoms with Crippen molar-refractivity contribution in [2.24, 2.45) is 0 Å². The normalized spacial score (nSPS) is 14.5. The van der Waals surface area contributed by atoms with E-state index in [1.54, 1.807) is 12.1 Å². The molecule has 0 spiro atoms. The molecule has 0 aromatic heterocycles. The van der Waals surface area contributed by atoms with Crippen LogP contribution in [0.5, 0.6) is 0 Å². The molecule has 2 nitrogen and oxygen atoms in total. The second-order valence-corrected chi connectivity index (χ2v) is 41.0. The molecule has 0 fully saturated rings. The molecule has 7 heteroatoms. The zero-order chi connectivity index (χ0) is 29.3. The minimum Gasteiger partial charge on any atom is -0.436 e. The Morgan fingerprint density at radius 3 is 1.11 bits per heavy atom. The van der Waals surface area contributed by atoms with Crippen LogP contribution in [0.15, 0.2) is 0 Å². The first kappa shape index (κ1) is 39.1. The quantitative estimate of drug-likeness (QED) is 0.187. The lowest BCUT2D eigenvalue weighted by molar-refractivity contribution is 0.347. The predicted octanol–water partition coefficient (Wildman–Crippen LogP) is 12.1. The number of hydrogen-bond acceptors (Lipinski definition) is 2. The lowest BCUT2D eigenvalue weighted by Gasteiger charge is -2.48. The number of unbranched alkanes of at least 4 members (excludes halogenated alkanes) is 2. The van der Waals surface area contributed by atoms with Gasteiger partial charge in [0.25, 0.3) is 0 Å². The van der Waals surface area contributed by atoms with Crippen LogP contribution in [0.1, 0.15) is 87.5 Å². The standard InChI is InChI=1S/C17H42O2Si3.C12H30Si2/c1-13-14-15-22(12,18-20(8,9)16(2,3)4)19-21(10,11)17(5,6)7;1-7-8-11-14(5,6)12-9-10-13(2,3)4/h13-15H2,1-12H3;7-12H2,1-6H3. The van der Waals surface area contributed by atoms with E-state index in [2.05, 4.69) is 121 Å². The minimum atomic E-state index is -2.14. The van der Waals surface area contributed by atoms with Gasteiger partial charge >= 0.3 is 8.56 Å². The summed E-state index contributed by atoms with van der Waals surface area (Å²) in [5, 5.41) is 0.481. The van der Waals surface area contributed by atoms with Gasteiger partial charge in [-0.3, -0.25) is 0 Å². The molecule has 0 aliphatic rings. The Kier molecular flexibility index (Phi) is 16.4. The summed E-state index contributed by atoms with van der Waals surface area (Å²) in [4.78, 5) is 0. The SMILES string of the molecule is CCCC[Si](C)(C)CCC[Si](C)(C)C.CCCC[Si](C)(O[Si](C)(C)C(C)(C)C)O[Si](C)(C)C(C)(C)C. The molecule has 0 unspecified atom stereocenters. The van der Waals surface area contributed by atoms with Crippen LogP contribution in [0.2, 0.25) is 99.7 Å². The number of hydrogen-bond donors (Lipinski definition) is 0. The summed E-state index contributed by atoms with van der Waals surface area (Å²) < 4.78 is 13.8. The average molecular weight is 593 g/mol. The van der Waals surface area contributed by atoms with Gasteiger partial charge < -0.3 is 8.23 Å². The molecule has 0 saturated heterocycles. The number of rotatable bonds is 14. The van der Waals surface area contributed by atoms with Crippen LogP contribution in [0.25, 0.3) is 0 Å². The van der Waals surface area contributed by atoms with E-state index in [4.69, 9.17) is 8.23 Å². The maximum absolute atomic E-state index is 6.91. The van der Waals surface area contributed by atoms with E-state index in [-0.39, 0.29) is 10.1 Å². The van der Waals surface area contributed by atoms with E-state index in [1.807, 2.05) is 0 Å². The van der Waals surface area contributed by atoms with E-state index in [0.717, 1.165) is 6.04 Å². The molecule has 0 amide bonds. The Balaban J connectivity index is 0. The summed E-state index contributed by atoms with van der Waals surface area (Å²) >= 11 is 0. The fourth-order valence-corrected chi connectivity index (χ4v) is 21.6. The Morgan fingerprint density at radius 2 is 0.806 bits per heavy atom. The highest BCUT2D eigenvalue weighted by molar-refractivity contribution is 6.90. The molecule has 0 bridgehead atoms. The van der Waals surface area contributed by atoms with Gasteiger partial charge in [0.05, 0.1) is 0 Å². The van der Waals surface area contributed by atoms with Crippen LogP contribution in [0.3, 0.4) is 0 Å². The van der Waals surface area contributed by atoms with Crippen molar-refractivity contribution in [1.82, 2.24) is 0 Å². The predicted molar refractivity (Wildman–Crippen MR) is 183 cm³/mol. The Hall–Kier alpha value is 1.00. The molecule has 0 heterocycles. The summed E-state index contributed by atoms with van der Waals surface area (Å²) in [7, 11) is -7.29. The molecule has 0 aliphatic heterocycles. The molecule has 0 aromatic carbocycles. The molecule has 0 aliphatic carbocycles. The lowest BCUT2D eigenvalue weighted by atomic mass is 10.2. The molecule has 0 atom stereocenters. The maximum Gasteiger partial charge on any atom is 0.314 e. The van der Waals surface area contributed by atoms with E-state index < -0.39 is 41.3 Å². The zero-order valence-electron chi connectivity index (χ0n) is 28.7. The Morgan fingerprint density at radius 1 is 0.472 bits per heavy atom. The summed E-state index contributed by atoms with van der Waals surface area (Å²) in [5.74, 6) is 0. The second-order valence-electron chi connectivity index (χ2n) is 16.6. The smallest absolute Gasteiger partial charge is 0.314 e. The van der Waals surface area contributed by atoms with Gasteiger partial charge in [0.15, 0.2) is 16.6 Å². The van der Waals surface area contributed by atoms with Gasteiger partial charge in [0, 0.05) is 16.1 Å². The zero-order valence-corrected chi connectivity index (χ0v) is 33.7. The lowest BCUT2D eigenvalue weighted by Crippen LogP contribution is -2.58. The molecule has 36 heavy (non-hydrogen) atoms. The molecular weight excluding hydrogens is 521 g/mol. The van der Waals surface area contributed by atoms with Crippen LogP contribution in [-0.4, -0.2) is 41.3 Å². The highest BCUT2D eigenvalue weighted by Gasteiger charge is 2.49. The fourth-order valence-electron chi connectivity index (χ4n) is 3.88. The third-order valence-corrected chi connectivity index (χ3v) is 29.8. The van der Waals surface area contributed by atoms with Crippen molar-refractivity contribution < 1.29 is 8.23 Å². The second kappa shape index (κ2) is 15.1. The van der Waals surface area contributed by atoms with Gasteiger partial charge in [-0.1, -0.05) is 138 Å². The van der Waals surface area contributed by atoms with Crippen molar-refractivity contribution in [3.63, 3.8) is 0 Å². The van der Waals surface area contributed by atoms with Crippen LogP contribution in [0, 0.1) is 0 Å². The fraction of sp³-hybridized carbons (Fsp3) is 1.00. The van der Waals surface area contributed by atoms with Crippen molar-refractivity contribution in [2.75, 3.05) is 0 Å². The maximum atomic E-state index is 6.91. The van der Waals surface area contributed by atoms with E-state index in [1.165, 1.54) is 38.1 Å². The van der Waals surface area contributed by atoms with Gasteiger partial charge in [0.1, 0.15) is 0 Å². The Labute approximate surface area is 236 Å².